The lowest BCUT2D eigenvalue weighted by Gasteiger charge is -2.09. The van der Waals surface area contributed by atoms with Crippen molar-refractivity contribution in [2.24, 2.45) is 5.73 Å². The molecule has 1 aromatic carbocycles. The fourth-order valence-electron chi connectivity index (χ4n) is 1.80. The molecule has 0 spiro atoms. The molecule has 0 saturated heterocycles. The first-order valence-electron chi connectivity index (χ1n) is 4.84. The van der Waals surface area contributed by atoms with E-state index in [4.69, 9.17) is 15.2 Å². The molecule has 1 aliphatic rings. The molecule has 0 atom stereocenters. The van der Waals surface area contributed by atoms with Crippen LogP contribution < -0.4 is 15.2 Å². The van der Waals surface area contributed by atoms with Crippen molar-refractivity contribution in [3.05, 3.63) is 23.3 Å². The predicted octanol–water partition coefficient (Wildman–Crippen LogP) is 0.771. The molecule has 0 bridgehead atoms. The summed E-state index contributed by atoms with van der Waals surface area (Å²) in [5, 5.41) is 0. The topological polar surface area (TPSA) is 61.5 Å². The van der Waals surface area contributed by atoms with E-state index in [9.17, 15) is 4.79 Å². The molecule has 1 aliphatic heterocycles. The van der Waals surface area contributed by atoms with Crippen LogP contribution in [0.25, 0.3) is 0 Å². The number of hydrogen-bond donors (Lipinski definition) is 1. The van der Waals surface area contributed by atoms with Crippen LogP contribution in [0.4, 0.5) is 0 Å². The monoisotopic (exact) mass is 207 g/mol. The Kier molecular flexibility index (Phi) is 2.60. The Hall–Kier alpha value is -1.55. The summed E-state index contributed by atoms with van der Waals surface area (Å²) in [5.41, 5.74) is 6.93. The van der Waals surface area contributed by atoms with Gasteiger partial charge in [-0.2, -0.15) is 0 Å². The highest BCUT2D eigenvalue weighted by Crippen LogP contribution is 2.37. The normalized spacial score (nSPS) is 13.2. The first-order valence-corrected chi connectivity index (χ1v) is 4.84. The van der Waals surface area contributed by atoms with Crippen LogP contribution in [0, 0.1) is 0 Å². The second kappa shape index (κ2) is 3.90. The minimum Gasteiger partial charge on any atom is -0.493 e. The second-order valence-electron chi connectivity index (χ2n) is 3.35. The largest absolute Gasteiger partial charge is 0.493 e. The Labute approximate surface area is 88.0 Å². The standard InChI is InChI=1S/C11H13NO3/c1-14-10-3-2-7(9(13)6-12)8-4-5-15-11(8)10/h2-3H,4-6,12H2,1H3. The maximum absolute atomic E-state index is 11.6. The van der Waals surface area contributed by atoms with Gasteiger partial charge in [0, 0.05) is 17.5 Å². The quantitative estimate of drug-likeness (QED) is 0.744. The summed E-state index contributed by atoms with van der Waals surface area (Å²) >= 11 is 0. The summed E-state index contributed by atoms with van der Waals surface area (Å²) in [7, 11) is 1.59. The molecule has 1 aromatic rings. The highest BCUT2D eigenvalue weighted by atomic mass is 16.5. The minimum absolute atomic E-state index is 0.0266. The van der Waals surface area contributed by atoms with Crippen LogP contribution in [0.5, 0.6) is 11.5 Å². The van der Waals surface area contributed by atoms with Crippen molar-refractivity contribution in [3.8, 4) is 11.5 Å². The smallest absolute Gasteiger partial charge is 0.176 e. The molecule has 0 aromatic heterocycles. The fourth-order valence-corrected chi connectivity index (χ4v) is 1.80. The van der Waals surface area contributed by atoms with Gasteiger partial charge in [-0.1, -0.05) is 0 Å². The zero-order chi connectivity index (χ0) is 10.8. The molecular weight excluding hydrogens is 194 g/mol. The van der Waals surface area contributed by atoms with Crippen LogP contribution in [-0.4, -0.2) is 26.0 Å². The van der Waals surface area contributed by atoms with Crippen molar-refractivity contribution in [2.45, 2.75) is 6.42 Å². The van der Waals surface area contributed by atoms with Crippen molar-refractivity contribution in [2.75, 3.05) is 20.3 Å². The van der Waals surface area contributed by atoms with E-state index < -0.39 is 0 Å². The van der Waals surface area contributed by atoms with Crippen molar-refractivity contribution < 1.29 is 14.3 Å². The lowest BCUT2D eigenvalue weighted by Crippen LogP contribution is -2.15. The van der Waals surface area contributed by atoms with Gasteiger partial charge in [-0.25, -0.2) is 0 Å². The van der Waals surface area contributed by atoms with Gasteiger partial charge in [-0.3, -0.25) is 4.79 Å². The van der Waals surface area contributed by atoms with Gasteiger partial charge >= 0.3 is 0 Å². The number of ketones is 1. The van der Waals surface area contributed by atoms with E-state index in [0.29, 0.717) is 23.7 Å². The average Bonchev–Trinajstić information content (AvgIpc) is 2.75. The third kappa shape index (κ3) is 1.57. The maximum Gasteiger partial charge on any atom is 0.176 e. The summed E-state index contributed by atoms with van der Waals surface area (Å²) < 4.78 is 10.6. The average molecular weight is 207 g/mol. The summed E-state index contributed by atoms with van der Waals surface area (Å²) in [6.45, 7) is 0.624. The summed E-state index contributed by atoms with van der Waals surface area (Å²) in [6.07, 6.45) is 0.744. The van der Waals surface area contributed by atoms with Crippen molar-refractivity contribution in [1.82, 2.24) is 0 Å². The van der Waals surface area contributed by atoms with E-state index in [2.05, 4.69) is 0 Å². The number of carbonyl (C=O) groups excluding carboxylic acids is 1. The summed E-state index contributed by atoms with van der Waals surface area (Å²) in [4.78, 5) is 11.6. The number of nitrogens with two attached hydrogens (primary N) is 1. The predicted molar refractivity (Wildman–Crippen MR) is 55.6 cm³/mol. The molecule has 80 valence electrons. The molecule has 0 saturated carbocycles. The number of hydrogen-bond acceptors (Lipinski definition) is 4. The molecule has 2 rings (SSSR count). The molecule has 0 unspecified atom stereocenters. The first-order chi connectivity index (χ1) is 7.27. The van der Waals surface area contributed by atoms with Crippen molar-refractivity contribution in [1.29, 1.82) is 0 Å². The number of fused-ring (bicyclic) bond motifs is 1. The highest BCUT2D eigenvalue weighted by molar-refractivity contribution is 5.99. The Morgan fingerprint density at radius 2 is 2.40 bits per heavy atom. The van der Waals surface area contributed by atoms with Gasteiger partial charge in [0.05, 0.1) is 20.3 Å². The molecule has 4 nitrogen and oxygen atoms in total. The number of carbonyl (C=O) groups is 1. The van der Waals surface area contributed by atoms with E-state index in [-0.39, 0.29) is 12.3 Å². The SMILES string of the molecule is COc1ccc(C(=O)CN)c2c1OCC2. The zero-order valence-electron chi connectivity index (χ0n) is 8.58. The van der Waals surface area contributed by atoms with E-state index in [1.165, 1.54) is 0 Å². The van der Waals surface area contributed by atoms with Crippen LogP contribution in [0.2, 0.25) is 0 Å². The van der Waals surface area contributed by atoms with E-state index in [1.54, 1.807) is 19.2 Å². The molecular formula is C11H13NO3. The van der Waals surface area contributed by atoms with Gasteiger partial charge in [0.15, 0.2) is 17.3 Å². The number of Topliss-reactive ketones (excluding diaryl/α,β-unsaturated/α-hetero) is 1. The van der Waals surface area contributed by atoms with Crippen molar-refractivity contribution >= 4 is 5.78 Å². The van der Waals surface area contributed by atoms with Crippen LogP contribution in [0.15, 0.2) is 12.1 Å². The van der Waals surface area contributed by atoms with Gasteiger partial charge in [0.1, 0.15) is 0 Å². The molecule has 15 heavy (non-hydrogen) atoms. The Balaban J connectivity index is 2.51. The third-order valence-corrected chi connectivity index (χ3v) is 2.53. The fraction of sp³-hybridized carbons (Fsp3) is 0.364. The lowest BCUT2D eigenvalue weighted by molar-refractivity contribution is 0.100. The van der Waals surface area contributed by atoms with Gasteiger partial charge in [0.25, 0.3) is 0 Å². The van der Waals surface area contributed by atoms with Gasteiger partial charge in [0.2, 0.25) is 0 Å². The van der Waals surface area contributed by atoms with E-state index in [1.807, 2.05) is 0 Å². The van der Waals surface area contributed by atoms with Gasteiger partial charge in [-0.05, 0) is 12.1 Å². The minimum atomic E-state index is -0.0561. The van der Waals surface area contributed by atoms with E-state index >= 15 is 0 Å². The van der Waals surface area contributed by atoms with Gasteiger partial charge < -0.3 is 15.2 Å². The first kappa shape index (κ1) is 9.98. The summed E-state index contributed by atoms with van der Waals surface area (Å²) in [5.74, 6) is 1.31. The van der Waals surface area contributed by atoms with Crippen LogP contribution in [0.3, 0.4) is 0 Å². The number of benzene rings is 1. The number of methoxy groups -OCH3 is 1. The molecule has 4 heteroatoms. The van der Waals surface area contributed by atoms with Gasteiger partial charge in [-0.15, -0.1) is 0 Å². The zero-order valence-corrected chi connectivity index (χ0v) is 8.58. The Morgan fingerprint density at radius 3 is 3.07 bits per heavy atom. The number of ether oxygens (including phenoxy) is 2. The highest BCUT2D eigenvalue weighted by Gasteiger charge is 2.23. The second-order valence-corrected chi connectivity index (χ2v) is 3.35. The molecule has 0 aliphatic carbocycles. The summed E-state index contributed by atoms with van der Waals surface area (Å²) in [6, 6.07) is 3.49. The molecule has 0 amide bonds. The van der Waals surface area contributed by atoms with Crippen molar-refractivity contribution in [3.63, 3.8) is 0 Å². The lowest BCUT2D eigenvalue weighted by atomic mass is 10.0. The molecule has 0 fully saturated rings. The van der Waals surface area contributed by atoms with E-state index in [0.717, 1.165) is 12.0 Å². The van der Waals surface area contributed by atoms with Crippen LogP contribution in [-0.2, 0) is 6.42 Å². The molecule has 2 N–H and O–H groups in total. The van der Waals surface area contributed by atoms with Crippen LogP contribution in [0.1, 0.15) is 15.9 Å². The Morgan fingerprint density at radius 1 is 1.60 bits per heavy atom. The number of rotatable bonds is 3. The Bertz CT molecular complexity index is 401. The third-order valence-electron chi connectivity index (χ3n) is 2.53. The molecule has 0 radical (unpaired) electrons. The molecule has 1 heterocycles. The van der Waals surface area contributed by atoms with Crippen LogP contribution >= 0.6 is 0 Å². The maximum atomic E-state index is 11.6.